The van der Waals surface area contributed by atoms with Crippen LogP contribution in [0, 0.1) is 11.7 Å². The molecule has 0 unspecified atom stereocenters. The Kier molecular flexibility index (Phi) is 7.35. The summed E-state index contributed by atoms with van der Waals surface area (Å²) >= 11 is 0. The molecule has 7 heteroatoms. The highest BCUT2D eigenvalue weighted by atomic mass is 19.1. The summed E-state index contributed by atoms with van der Waals surface area (Å²) in [4.78, 5) is 35.1. The average molecular weight is 338 g/mol. The van der Waals surface area contributed by atoms with E-state index in [0.29, 0.717) is 12.0 Å². The van der Waals surface area contributed by atoms with Crippen LogP contribution >= 0.6 is 0 Å². The summed E-state index contributed by atoms with van der Waals surface area (Å²) in [5.41, 5.74) is 0.653. The first-order chi connectivity index (χ1) is 11.2. The number of rotatable bonds is 8. The van der Waals surface area contributed by atoms with Crippen LogP contribution in [0.5, 0.6) is 0 Å². The number of benzene rings is 1. The molecule has 0 aliphatic rings. The van der Waals surface area contributed by atoms with Gasteiger partial charge in [0, 0.05) is 13.3 Å². The number of nitrogens with one attached hydrogen (secondary N) is 2. The zero-order valence-electron chi connectivity index (χ0n) is 14.0. The standard InChI is InChI=1S/C17H23FN2O4/c1-4-10(2)15(17(23)24)20-16(22)14(19-11(3)21)9-12-5-7-13(18)8-6-12/h5-8,10,14-15H,4,9H2,1-3H3,(H,19,21)(H,20,22)(H,23,24)/t10-,14-,15+/m0/s1. The highest BCUT2D eigenvalue weighted by molar-refractivity contribution is 5.90. The molecule has 0 bridgehead atoms. The minimum atomic E-state index is -1.12. The third kappa shape index (κ3) is 5.98. The minimum Gasteiger partial charge on any atom is -0.480 e. The van der Waals surface area contributed by atoms with Gasteiger partial charge in [-0.25, -0.2) is 9.18 Å². The Hall–Kier alpha value is -2.44. The molecule has 0 heterocycles. The number of carboxylic acid groups (broad SMARTS) is 1. The molecule has 0 aliphatic carbocycles. The van der Waals surface area contributed by atoms with Crippen molar-refractivity contribution >= 4 is 17.8 Å². The van der Waals surface area contributed by atoms with Gasteiger partial charge in [0.1, 0.15) is 17.9 Å². The topological polar surface area (TPSA) is 95.5 Å². The monoisotopic (exact) mass is 338 g/mol. The van der Waals surface area contributed by atoms with Gasteiger partial charge < -0.3 is 15.7 Å². The number of halogens is 1. The maximum absolute atomic E-state index is 13.0. The van der Waals surface area contributed by atoms with Crippen molar-refractivity contribution in [3.05, 3.63) is 35.6 Å². The van der Waals surface area contributed by atoms with Crippen LogP contribution in [-0.4, -0.2) is 35.0 Å². The van der Waals surface area contributed by atoms with Crippen LogP contribution in [0.25, 0.3) is 0 Å². The Morgan fingerprint density at radius 1 is 1.17 bits per heavy atom. The van der Waals surface area contributed by atoms with E-state index < -0.39 is 35.7 Å². The predicted octanol–water partition coefficient (Wildman–Crippen LogP) is 1.49. The van der Waals surface area contributed by atoms with Gasteiger partial charge in [-0.2, -0.15) is 0 Å². The molecule has 0 saturated carbocycles. The van der Waals surface area contributed by atoms with Gasteiger partial charge in [0.05, 0.1) is 0 Å². The normalized spacial score (nSPS) is 14.3. The number of carboxylic acids is 1. The van der Waals surface area contributed by atoms with E-state index in [-0.39, 0.29) is 12.3 Å². The first-order valence-electron chi connectivity index (χ1n) is 7.79. The van der Waals surface area contributed by atoms with Gasteiger partial charge in [0.2, 0.25) is 11.8 Å². The fourth-order valence-electron chi connectivity index (χ4n) is 2.25. The van der Waals surface area contributed by atoms with Crippen LogP contribution in [-0.2, 0) is 20.8 Å². The first kappa shape index (κ1) is 19.6. The second-order valence-corrected chi connectivity index (χ2v) is 5.79. The molecule has 3 N–H and O–H groups in total. The zero-order chi connectivity index (χ0) is 18.3. The lowest BCUT2D eigenvalue weighted by molar-refractivity contribution is -0.143. The van der Waals surface area contributed by atoms with Crippen molar-refractivity contribution in [3.63, 3.8) is 0 Å². The van der Waals surface area contributed by atoms with Gasteiger partial charge in [-0.15, -0.1) is 0 Å². The molecule has 24 heavy (non-hydrogen) atoms. The molecule has 1 aromatic carbocycles. The fourth-order valence-corrected chi connectivity index (χ4v) is 2.25. The van der Waals surface area contributed by atoms with Crippen molar-refractivity contribution in [3.8, 4) is 0 Å². The maximum atomic E-state index is 13.0. The number of carbonyl (C=O) groups is 3. The summed E-state index contributed by atoms with van der Waals surface area (Å²) in [6, 6.07) is 3.58. The maximum Gasteiger partial charge on any atom is 0.326 e. The van der Waals surface area contributed by atoms with Gasteiger partial charge >= 0.3 is 5.97 Å². The Morgan fingerprint density at radius 3 is 2.21 bits per heavy atom. The quantitative estimate of drug-likeness (QED) is 0.669. The van der Waals surface area contributed by atoms with Crippen LogP contribution in [0.4, 0.5) is 4.39 Å². The van der Waals surface area contributed by atoms with Gasteiger partial charge in [0.25, 0.3) is 0 Å². The molecule has 1 aromatic rings. The molecule has 132 valence electrons. The molecule has 0 fully saturated rings. The van der Waals surface area contributed by atoms with Crippen molar-refractivity contribution < 1.29 is 23.9 Å². The Morgan fingerprint density at radius 2 is 1.75 bits per heavy atom. The van der Waals surface area contributed by atoms with Gasteiger partial charge in [0.15, 0.2) is 0 Å². The lowest BCUT2D eigenvalue weighted by Gasteiger charge is -2.24. The molecular weight excluding hydrogens is 315 g/mol. The van der Waals surface area contributed by atoms with E-state index in [4.69, 9.17) is 0 Å². The van der Waals surface area contributed by atoms with Gasteiger partial charge in [-0.3, -0.25) is 9.59 Å². The molecule has 2 amide bonds. The van der Waals surface area contributed by atoms with Crippen molar-refractivity contribution in [2.24, 2.45) is 5.92 Å². The molecule has 6 nitrogen and oxygen atoms in total. The predicted molar refractivity (Wildman–Crippen MR) is 86.7 cm³/mol. The summed E-state index contributed by atoms with van der Waals surface area (Å²) in [6.45, 7) is 4.83. The Bertz CT molecular complexity index is 589. The third-order valence-corrected chi connectivity index (χ3v) is 3.82. The van der Waals surface area contributed by atoms with E-state index in [2.05, 4.69) is 10.6 Å². The summed E-state index contributed by atoms with van der Waals surface area (Å²) in [6.07, 6.45) is 0.721. The van der Waals surface area contributed by atoms with E-state index in [0.717, 1.165) is 0 Å². The third-order valence-electron chi connectivity index (χ3n) is 3.82. The van der Waals surface area contributed by atoms with Gasteiger partial charge in [-0.1, -0.05) is 32.4 Å². The van der Waals surface area contributed by atoms with Crippen LogP contribution in [0.15, 0.2) is 24.3 Å². The average Bonchev–Trinajstić information content (AvgIpc) is 2.52. The number of amides is 2. The Balaban J connectivity index is 2.89. The SMILES string of the molecule is CC[C@H](C)[C@@H](NC(=O)[C@H](Cc1ccc(F)cc1)NC(C)=O)C(=O)O. The van der Waals surface area contributed by atoms with Crippen LogP contribution in [0.2, 0.25) is 0 Å². The number of aliphatic carboxylic acids is 1. The molecule has 0 aromatic heterocycles. The smallest absolute Gasteiger partial charge is 0.326 e. The second-order valence-electron chi connectivity index (χ2n) is 5.79. The summed E-state index contributed by atoms with van der Waals surface area (Å²) in [7, 11) is 0. The van der Waals surface area contributed by atoms with Crippen molar-refractivity contribution in [1.29, 1.82) is 0 Å². The van der Waals surface area contributed by atoms with E-state index in [1.807, 2.05) is 6.92 Å². The van der Waals surface area contributed by atoms with E-state index in [1.54, 1.807) is 6.92 Å². The van der Waals surface area contributed by atoms with E-state index in [1.165, 1.54) is 31.2 Å². The van der Waals surface area contributed by atoms with Crippen LogP contribution < -0.4 is 10.6 Å². The zero-order valence-corrected chi connectivity index (χ0v) is 14.0. The van der Waals surface area contributed by atoms with Crippen molar-refractivity contribution in [2.45, 2.75) is 45.7 Å². The second kappa shape index (κ2) is 9.00. The molecule has 1 rings (SSSR count). The molecule has 0 spiro atoms. The van der Waals surface area contributed by atoms with Crippen molar-refractivity contribution in [2.75, 3.05) is 0 Å². The van der Waals surface area contributed by atoms with E-state index >= 15 is 0 Å². The first-order valence-corrected chi connectivity index (χ1v) is 7.79. The minimum absolute atomic E-state index is 0.137. The number of hydrogen-bond acceptors (Lipinski definition) is 3. The summed E-state index contributed by atoms with van der Waals surface area (Å²) < 4.78 is 13.0. The number of hydrogen-bond donors (Lipinski definition) is 3. The summed E-state index contributed by atoms with van der Waals surface area (Å²) in [5.74, 6) is -2.77. The molecule has 3 atom stereocenters. The molecule has 0 saturated heterocycles. The lowest BCUT2D eigenvalue weighted by atomic mass is 9.98. The highest BCUT2D eigenvalue weighted by Crippen LogP contribution is 2.10. The molecule has 0 radical (unpaired) electrons. The largest absolute Gasteiger partial charge is 0.480 e. The lowest BCUT2D eigenvalue weighted by Crippen LogP contribution is -2.53. The fraction of sp³-hybridized carbons (Fsp3) is 0.471. The van der Waals surface area contributed by atoms with Crippen LogP contribution in [0.1, 0.15) is 32.8 Å². The Labute approximate surface area is 140 Å². The highest BCUT2D eigenvalue weighted by Gasteiger charge is 2.29. The molecule has 0 aliphatic heterocycles. The van der Waals surface area contributed by atoms with E-state index in [9.17, 15) is 23.9 Å². The number of carbonyl (C=O) groups excluding carboxylic acids is 2. The molecular formula is C17H23FN2O4. The van der Waals surface area contributed by atoms with Crippen LogP contribution in [0.3, 0.4) is 0 Å². The van der Waals surface area contributed by atoms with Crippen molar-refractivity contribution in [1.82, 2.24) is 10.6 Å². The summed E-state index contributed by atoms with van der Waals surface area (Å²) in [5, 5.41) is 14.2. The van der Waals surface area contributed by atoms with Gasteiger partial charge in [-0.05, 0) is 23.6 Å².